The molecule has 0 aliphatic heterocycles. The highest BCUT2D eigenvalue weighted by Gasteiger charge is 2.34. The zero-order chi connectivity index (χ0) is 30.5. The van der Waals surface area contributed by atoms with E-state index in [9.17, 15) is 18.0 Å². The summed E-state index contributed by atoms with van der Waals surface area (Å²) in [6.07, 6.45) is 0.327. The first-order valence-corrected chi connectivity index (χ1v) is 15.5. The van der Waals surface area contributed by atoms with Gasteiger partial charge in [-0.15, -0.1) is 0 Å². The summed E-state index contributed by atoms with van der Waals surface area (Å²) in [4.78, 5) is 29.0. The smallest absolute Gasteiger partial charge is 0.264 e. The number of amides is 2. The Kier molecular flexibility index (Phi) is 10.5. The first-order valence-electron chi connectivity index (χ1n) is 13.3. The highest BCUT2D eigenvalue weighted by Crippen LogP contribution is 2.30. The van der Waals surface area contributed by atoms with Gasteiger partial charge in [0.05, 0.1) is 10.6 Å². The highest BCUT2D eigenvalue weighted by molar-refractivity contribution is 7.92. The van der Waals surface area contributed by atoms with Crippen molar-refractivity contribution in [2.45, 2.75) is 71.0 Å². The molecule has 0 unspecified atom stereocenters. The average molecular weight is 619 g/mol. The molecule has 10 heteroatoms. The van der Waals surface area contributed by atoms with Crippen LogP contribution in [0.1, 0.15) is 50.8 Å². The Morgan fingerprint density at radius 2 is 1.39 bits per heavy atom. The average Bonchev–Trinajstić information content (AvgIpc) is 2.86. The maximum absolute atomic E-state index is 14.1. The number of carbonyl (C=O) groups is 2. The van der Waals surface area contributed by atoms with Gasteiger partial charge in [0.2, 0.25) is 11.8 Å². The normalized spacial score (nSPS) is 12.5. The maximum atomic E-state index is 14.1. The fourth-order valence-electron chi connectivity index (χ4n) is 4.31. The van der Waals surface area contributed by atoms with Crippen molar-refractivity contribution in [1.82, 2.24) is 10.2 Å². The Bertz CT molecular complexity index is 1460. The second-order valence-corrected chi connectivity index (χ2v) is 13.9. The molecule has 0 aromatic heterocycles. The number of anilines is 1. The van der Waals surface area contributed by atoms with Crippen molar-refractivity contribution in [3.8, 4) is 0 Å². The van der Waals surface area contributed by atoms with E-state index in [-0.39, 0.29) is 33.1 Å². The summed E-state index contributed by atoms with van der Waals surface area (Å²) < 4.78 is 28.9. The number of nitrogens with zero attached hydrogens (tertiary/aromatic N) is 2. The summed E-state index contributed by atoms with van der Waals surface area (Å²) in [6, 6.07) is 17.5. The number of hydrogen-bond donors (Lipinski definition) is 1. The molecule has 0 radical (unpaired) electrons. The summed E-state index contributed by atoms with van der Waals surface area (Å²) in [5.41, 5.74) is 2.36. The number of hydrogen-bond acceptors (Lipinski definition) is 4. The molecule has 2 amide bonds. The van der Waals surface area contributed by atoms with Crippen LogP contribution in [0.4, 0.5) is 5.69 Å². The van der Waals surface area contributed by atoms with Crippen LogP contribution in [0.5, 0.6) is 0 Å². The van der Waals surface area contributed by atoms with Gasteiger partial charge in [-0.1, -0.05) is 77.7 Å². The monoisotopic (exact) mass is 617 g/mol. The van der Waals surface area contributed by atoms with E-state index in [0.29, 0.717) is 6.42 Å². The Labute approximate surface area is 253 Å². The van der Waals surface area contributed by atoms with Crippen molar-refractivity contribution >= 4 is 50.7 Å². The summed E-state index contributed by atoms with van der Waals surface area (Å²) in [5, 5.41) is 3.40. The van der Waals surface area contributed by atoms with Crippen LogP contribution in [0, 0.1) is 13.8 Å². The highest BCUT2D eigenvalue weighted by atomic mass is 35.5. The molecule has 0 saturated heterocycles. The Balaban J connectivity index is 2.10. The van der Waals surface area contributed by atoms with Crippen molar-refractivity contribution in [3.63, 3.8) is 0 Å². The second-order valence-electron chi connectivity index (χ2n) is 11.1. The molecule has 0 aliphatic rings. The Morgan fingerprint density at radius 1 is 0.878 bits per heavy atom. The lowest BCUT2D eigenvalue weighted by molar-refractivity contribution is -0.141. The predicted octanol–water partition coefficient (Wildman–Crippen LogP) is 6.53. The number of rotatable bonds is 10. The van der Waals surface area contributed by atoms with Gasteiger partial charge >= 0.3 is 0 Å². The largest absolute Gasteiger partial charge is 0.350 e. The van der Waals surface area contributed by atoms with Crippen LogP contribution in [0.3, 0.4) is 0 Å². The number of nitrogens with one attached hydrogen (secondary N) is 1. The number of carbonyl (C=O) groups excluding carboxylic acids is 2. The number of benzene rings is 3. The van der Waals surface area contributed by atoms with Crippen molar-refractivity contribution in [2.75, 3.05) is 10.8 Å². The molecule has 41 heavy (non-hydrogen) atoms. The number of halogens is 2. The van der Waals surface area contributed by atoms with Gasteiger partial charge in [-0.05, 0) is 76.9 Å². The van der Waals surface area contributed by atoms with Gasteiger partial charge in [0.1, 0.15) is 12.6 Å². The lowest BCUT2D eigenvalue weighted by Crippen LogP contribution is -2.55. The van der Waals surface area contributed by atoms with E-state index in [0.717, 1.165) is 21.0 Å². The van der Waals surface area contributed by atoms with Crippen LogP contribution in [-0.4, -0.2) is 43.3 Å². The fraction of sp³-hybridized carbons (Fsp3) is 0.355. The predicted molar refractivity (Wildman–Crippen MR) is 166 cm³/mol. The Morgan fingerprint density at radius 3 is 1.88 bits per heavy atom. The van der Waals surface area contributed by atoms with E-state index in [1.165, 1.54) is 35.2 Å². The Hall–Kier alpha value is -3.07. The second kappa shape index (κ2) is 13.3. The van der Waals surface area contributed by atoms with Gasteiger partial charge in [-0.3, -0.25) is 13.9 Å². The van der Waals surface area contributed by atoms with Crippen LogP contribution in [0.15, 0.2) is 71.6 Å². The molecule has 7 nitrogen and oxygen atoms in total. The fourth-order valence-corrected chi connectivity index (χ4v) is 6.22. The lowest BCUT2D eigenvalue weighted by atomic mass is 10.1. The van der Waals surface area contributed by atoms with Gasteiger partial charge in [0, 0.05) is 22.1 Å². The third kappa shape index (κ3) is 8.71. The molecule has 220 valence electrons. The first-order chi connectivity index (χ1) is 19.1. The number of sulfonamides is 1. The van der Waals surface area contributed by atoms with Crippen LogP contribution >= 0.6 is 23.2 Å². The van der Waals surface area contributed by atoms with Crippen LogP contribution in [-0.2, 0) is 26.2 Å². The molecular formula is C31H37Cl2N3O4S. The summed E-state index contributed by atoms with van der Waals surface area (Å²) in [6.45, 7) is 10.8. The van der Waals surface area contributed by atoms with Crippen molar-refractivity contribution in [3.05, 3.63) is 93.5 Å². The van der Waals surface area contributed by atoms with E-state index in [1.54, 1.807) is 12.1 Å². The van der Waals surface area contributed by atoms with Gasteiger partial charge in [-0.25, -0.2) is 8.42 Å². The maximum Gasteiger partial charge on any atom is 0.264 e. The zero-order valence-electron chi connectivity index (χ0n) is 24.2. The van der Waals surface area contributed by atoms with Crippen molar-refractivity contribution < 1.29 is 18.0 Å². The van der Waals surface area contributed by atoms with E-state index in [2.05, 4.69) is 5.32 Å². The molecule has 0 bridgehead atoms. The third-order valence-electron chi connectivity index (χ3n) is 6.38. The molecule has 0 heterocycles. The molecule has 0 aliphatic carbocycles. The molecule has 3 aromatic carbocycles. The van der Waals surface area contributed by atoms with Crippen LogP contribution < -0.4 is 9.62 Å². The summed E-state index contributed by atoms with van der Waals surface area (Å²) >= 11 is 12.5. The van der Waals surface area contributed by atoms with Gasteiger partial charge in [0.15, 0.2) is 0 Å². The molecule has 3 rings (SSSR count). The van der Waals surface area contributed by atoms with Gasteiger partial charge in [0.25, 0.3) is 10.0 Å². The van der Waals surface area contributed by atoms with Crippen LogP contribution in [0.2, 0.25) is 10.0 Å². The molecule has 1 atom stereocenters. The molecule has 0 spiro atoms. The molecular weight excluding hydrogens is 581 g/mol. The quantitative estimate of drug-likeness (QED) is 0.280. The zero-order valence-corrected chi connectivity index (χ0v) is 26.6. The summed E-state index contributed by atoms with van der Waals surface area (Å²) in [5.74, 6) is -0.868. The van der Waals surface area contributed by atoms with E-state index >= 15 is 0 Å². The van der Waals surface area contributed by atoms with E-state index in [1.807, 2.05) is 65.8 Å². The minimum atomic E-state index is -4.22. The summed E-state index contributed by atoms with van der Waals surface area (Å²) in [7, 11) is -4.22. The molecule has 0 fully saturated rings. The molecule has 0 saturated carbocycles. The topological polar surface area (TPSA) is 86.8 Å². The standard InChI is InChI=1S/C31H37Cl2N3O4S/c1-7-28(30(38)34-31(4,5)6)35(19-23-12-8-21(2)9-13-23)29(37)20-36(26-17-24(32)16-25(33)18-26)41(39,40)27-14-10-22(3)11-15-27/h8-18,28H,7,19-20H2,1-6H3,(H,34,38)/t28-/m0/s1. The minimum absolute atomic E-state index is 0.00889. The molecule has 1 N–H and O–H groups in total. The van der Waals surface area contributed by atoms with E-state index in [4.69, 9.17) is 23.2 Å². The molecule has 3 aromatic rings. The van der Waals surface area contributed by atoms with E-state index < -0.39 is 34.1 Å². The SMILES string of the molecule is CC[C@@H](C(=O)NC(C)(C)C)N(Cc1ccc(C)cc1)C(=O)CN(c1cc(Cl)cc(Cl)c1)S(=O)(=O)c1ccc(C)cc1. The van der Waals surface area contributed by atoms with Gasteiger partial charge in [-0.2, -0.15) is 0 Å². The third-order valence-corrected chi connectivity index (χ3v) is 8.61. The lowest BCUT2D eigenvalue weighted by Gasteiger charge is -2.35. The minimum Gasteiger partial charge on any atom is -0.350 e. The number of aryl methyl sites for hydroxylation is 2. The van der Waals surface area contributed by atoms with Gasteiger partial charge < -0.3 is 10.2 Å². The van der Waals surface area contributed by atoms with Crippen molar-refractivity contribution in [1.29, 1.82) is 0 Å². The van der Waals surface area contributed by atoms with Crippen LogP contribution in [0.25, 0.3) is 0 Å². The first kappa shape index (κ1) is 32.4. The van der Waals surface area contributed by atoms with Crippen molar-refractivity contribution in [2.24, 2.45) is 0 Å².